The highest BCUT2D eigenvalue weighted by Gasteiger charge is 2.15. The molecule has 2 aromatic rings. The van der Waals surface area contributed by atoms with E-state index < -0.39 is 0 Å². The molecule has 0 aliphatic carbocycles. The second-order valence-corrected chi connectivity index (χ2v) is 4.89. The van der Waals surface area contributed by atoms with Crippen molar-refractivity contribution in [3.8, 4) is 11.5 Å². The molecular weight excluding hydrogens is 269 g/mol. The number of benzene rings is 2. The fourth-order valence-electron chi connectivity index (χ4n) is 2.10. The van der Waals surface area contributed by atoms with Gasteiger partial charge in [-0.3, -0.25) is 0 Å². The lowest BCUT2D eigenvalue weighted by molar-refractivity contribution is 0.299. The van der Waals surface area contributed by atoms with Crippen molar-refractivity contribution in [2.24, 2.45) is 0 Å². The highest BCUT2D eigenvalue weighted by Crippen LogP contribution is 2.32. The summed E-state index contributed by atoms with van der Waals surface area (Å²) in [4.78, 5) is 0. The molecule has 0 spiro atoms. The lowest BCUT2D eigenvalue weighted by atomic mass is 10.1. The Morgan fingerprint density at radius 1 is 1.19 bits per heavy atom. The van der Waals surface area contributed by atoms with E-state index in [1.54, 1.807) is 18.2 Å². The number of nitrogens with one attached hydrogen (secondary N) is 1. The maximum Gasteiger partial charge on any atom is 0.167 e. The van der Waals surface area contributed by atoms with Crippen LogP contribution in [0.3, 0.4) is 0 Å². The number of hydrogen-bond donors (Lipinski definition) is 2. The van der Waals surface area contributed by atoms with Gasteiger partial charge in [-0.1, -0.05) is 24.3 Å². The van der Waals surface area contributed by atoms with Gasteiger partial charge in [0.15, 0.2) is 11.6 Å². The van der Waals surface area contributed by atoms with E-state index in [1.165, 1.54) is 6.07 Å². The van der Waals surface area contributed by atoms with E-state index >= 15 is 0 Å². The Balaban J connectivity index is 2.26. The summed E-state index contributed by atoms with van der Waals surface area (Å²) < 4.78 is 19.8. The summed E-state index contributed by atoms with van der Waals surface area (Å²) in [5, 5.41) is 12.0. The zero-order valence-electron chi connectivity index (χ0n) is 12.3. The Kier molecular flexibility index (Phi) is 5.31. The SMILES string of the molecule is CNC(C)c1cccc(F)c1Oc1ccc(CCO)cc1. The highest BCUT2D eigenvalue weighted by atomic mass is 19.1. The minimum Gasteiger partial charge on any atom is -0.454 e. The van der Waals surface area contributed by atoms with Crippen LogP contribution < -0.4 is 10.1 Å². The third kappa shape index (κ3) is 3.80. The van der Waals surface area contributed by atoms with Gasteiger partial charge in [0, 0.05) is 18.2 Å². The van der Waals surface area contributed by atoms with Crippen LogP contribution in [0.5, 0.6) is 11.5 Å². The van der Waals surface area contributed by atoms with E-state index in [-0.39, 0.29) is 24.2 Å². The van der Waals surface area contributed by atoms with E-state index in [0.29, 0.717) is 12.2 Å². The zero-order valence-corrected chi connectivity index (χ0v) is 12.3. The van der Waals surface area contributed by atoms with Crippen LogP contribution in [0.15, 0.2) is 42.5 Å². The summed E-state index contributed by atoms with van der Waals surface area (Å²) in [6.45, 7) is 2.06. The van der Waals surface area contributed by atoms with Crippen LogP contribution in [-0.4, -0.2) is 18.8 Å². The molecule has 1 atom stereocenters. The molecule has 112 valence electrons. The van der Waals surface area contributed by atoms with Gasteiger partial charge in [0.1, 0.15) is 5.75 Å². The Morgan fingerprint density at radius 2 is 1.90 bits per heavy atom. The first-order valence-electron chi connectivity index (χ1n) is 6.99. The molecule has 4 heteroatoms. The number of aliphatic hydroxyl groups is 1. The summed E-state index contributed by atoms with van der Waals surface area (Å²) in [5.74, 6) is 0.439. The summed E-state index contributed by atoms with van der Waals surface area (Å²) in [7, 11) is 1.82. The molecule has 0 saturated carbocycles. The molecule has 0 aliphatic heterocycles. The van der Waals surface area contributed by atoms with Crippen LogP contribution in [0.1, 0.15) is 24.1 Å². The minimum atomic E-state index is -0.381. The Hall–Kier alpha value is -1.91. The zero-order chi connectivity index (χ0) is 15.2. The van der Waals surface area contributed by atoms with Gasteiger partial charge in [-0.25, -0.2) is 4.39 Å². The van der Waals surface area contributed by atoms with Crippen LogP contribution >= 0.6 is 0 Å². The Bertz CT molecular complexity index is 584. The quantitative estimate of drug-likeness (QED) is 0.856. The molecule has 0 radical (unpaired) electrons. The first-order valence-corrected chi connectivity index (χ1v) is 6.99. The van der Waals surface area contributed by atoms with Crippen LogP contribution in [0, 0.1) is 5.82 Å². The number of rotatable bonds is 6. The minimum absolute atomic E-state index is 0.00985. The van der Waals surface area contributed by atoms with Crippen molar-refractivity contribution in [3.05, 3.63) is 59.4 Å². The van der Waals surface area contributed by atoms with E-state index in [1.807, 2.05) is 32.2 Å². The van der Waals surface area contributed by atoms with Crippen LogP contribution in [0.25, 0.3) is 0 Å². The average Bonchev–Trinajstić information content (AvgIpc) is 2.50. The van der Waals surface area contributed by atoms with Crippen molar-refractivity contribution in [1.29, 1.82) is 0 Å². The van der Waals surface area contributed by atoms with E-state index in [2.05, 4.69) is 5.32 Å². The number of para-hydroxylation sites is 1. The molecule has 0 heterocycles. The lowest BCUT2D eigenvalue weighted by Gasteiger charge is -2.17. The summed E-state index contributed by atoms with van der Waals surface area (Å²) in [5.41, 5.74) is 1.79. The van der Waals surface area contributed by atoms with Crippen molar-refractivity contribution < 1.29 is 14.2 Å². The Labute approximate surface area is 124 Å². The molecule has 2 N–H and O–H groups in total. The predicted octanol–water partition coefficient (Wildman–Crippen LogP) is 3.43. The van der Waals surface area contributed by atoms with Crippen molar-refractivity contribution in [2.75, 3.05) is 13.7 Å². The second kappa shape index (κ2) is 7.20. The molecule has 0 saturated heterocycles. The average molecular weight is 289 g/mol. The van der Waals surface area contributed by atoms with Crippen molar-refractivity contribution in [3.63, 3.8) is 0 Å². The molecule has 21 heavy (non-hydrogen) atoms. The number of halogens is 1. The van der Waals surface area contributed by atoms with Crippen molar-refractivity contribution in [2.45, 2.75) is 19.4 Å². The normalized spacial score (nSPS) is 12.2. The summed E-state index contributed by atoms with van der Waals surface area (Å²) >= 11 is 0. The van der Waals surface area contributed by atoms with Gasteiger partial charge in [-0.2, -0.15) is 0 Å². The van der Waals surface area contributed by atoms with Gasteiger partial charge >= 0.3 is 0 Å². The van der Waals surface area contributed by atoms with Gasteiger partial charge in [-0.05, 0) is 44.2 Å². The third-order valence-corrected chi connectivity index (χ3v) is 3.44. The van der Waals surface area contributed by atoms with E-state index in [9.17, 15) is 4.39 Å². The standard InChI is InChI=1S/C17H20FNO2/c1-12(19-2)15-4-3-5-16(18)17(15)21-14-8-6-13(7-9-14)10-11-20/h3-9,12,19-20H,10-11H2,1-2H3. The molecule has 2 aromatic carbocycles. The second-order valence-electron chi connectivity index (χ2n) is 4.89. The number of ether oxygens (including phenoxy) is 1. The lowest BCUT2D eigenvalue weighted by Crippen LogP contribution is -2.13. The number of aliphatic hydroxyl groups excluding tert-OH is 1. The highest BCUT2D eigenvalue weighted by molar-refractivity contribution is 5.41. The van der Waals surface area contributed by atoms with E-state index in [4.69, 9.17) is 9.84 Å². The fraction of sp³-hybridized carbons (Fsp3) is 0.294. The largest absolute Gasteiger partial charge is 0.454 e. The topological polar surface area (TPSA) is 41.5 Å². The number of hydrogen-bond acceptors (Lipinski definition) is 3. The first kappa shape index (κ1) is 15.5. The molecule has 0 bridgehead atoms. The van der Waals surface area contributed by atoms with Crippen LogP contribution in [-0.2, 0) is 6.42 Å². The summed E-state index contributed by atoms with van der Waals surface area (Å²) in [6, 6.07) is 12.2. The monoisotopic (exact) mass is 289 g/mol. The third-order valence-electron chi connectivity index (χ3n) is 3.44. The van der Waals surface area contributed by atoms with Gasteiger partial charge in [0.25, 0.3) is 0 Å². The van der Waals surface area contributed by atoms with Crippen LogP contribution in [0.2, 0.25) is 0 Å². The molecule has 0 aliphatic rings. The molecular formula is C17H20FNO2. The van der Waals surface area contributed by atoms with Gasteiger partial charge in [0.05, 0.1) is 0 Å². The molecule has 1 unspecified atom stereocenters. The van der Waals surface area contributed by atoms with Crippen molar-refractivity contribution in [1.82, 2.24) is 5.32 Å². The maximum absolute atomic E-state index is 14.0. The predicted molar refractivity (Wildman–Crippen MR) is 81.2 cm³/mol. The molecule has 0 amide bonds. The summed E-state index contributed by atoms with van der Waals surface area (Å²) in [6.07, 6.45) is 0.599. The smallest absolute Gasteiger partial charge is 0.167 e. The maximum atomic E-state index is 14.0. The fourth-order valence-corrected chi connectivity index (χ4v) is 2.10. The van der Waals surface area contributed by atoms with E-state index in [0.717, 1.165) is 11.1 Å². The molecule has 0 fully saturated rings. The molecule has 3 nitrogen and oxygen atoms in total. The Morgan fingerprint density at radius 3 is 2.52 bits per heavy atom. The van der Waals surface area contributed by atoms with Gasteiger partial charge in [-0.15, -0.1) is 0 Å². The molecule has 2 rings (SSSR count). The molecule has 0 aromatic heterocycles. The van der Waals surface area contributed by atoms with Crippen molar-refractivity contribution >= 4 is 0 Å². The van der Waals surface area contributed by atoms with Gasteiger partial charge in [0.2, 0.25) is 0 Å². The first-order chi connectivity index (χ1) is 10.2. The van der Waals surface area contributed by atoms with Crippen LogP contribution in [0.4, 0.5) is 4.39 Å². The van der Waals surface area contributed by atoms with Gasteiger partial charge < -0.3 is 15.2 Å².